The summed E-state index contributed by atoms with van der Waals surface area (Å²) in [7, 11) is 4.66. The fourth-order valence-electron chi connectivity index (χ4n) is 2.99. The second-order valence-corrected chi connectivity index (χ2v) is 6.91. The van der Waals surface area contributed by atoms with Crippen LogP contribution in [0.5, 0.6) is 23.0 Å². The molecule has 1 amide bonds. The van der Waals surface area contributed by atoms with Crippen LogP contribution in [-0.2, 0) is 4.79 Å². The quantitative estimate of drug-likeness (QED) is 0.361. The Morgan fingerprint density at radius 2 is 1.58 bits per heavy atom. The molecular weight excluding hydrogens is 422 g/mol. The molecule has 0 heterocycles. The van der Waals surface area contributed by atoms with Gasteiger partial charge in [0.1, 0.15) is 11.5 Å². The molecule has 0 fully saturated rings. The predicted octanol–water partition coefficient (Wildman–Crippen LogP) is 4.63. The largest absolute Gasteiger partial charge is 0.497 e. The lowest BCUT2D eigenvalue weighted by Crippen LogP contribution is -2.20. The molecule has 1 N–H and O–H groups in total. The number of rotatable bonds is 10. The number of amides is 1. The number of nitrogens with one attached hydrogen (secondary N) is 1. The summed E-state index contributed by atoms with van der Waals surface area (Å²) in [4.78, 5) is 24.6. The van der Waals surface area contributed by atoms with Crippen molar-refractivity contribution in [2.75, 3.05) is 33.3 Å². The number of anilines is 1. The molecular formula is C26H25NO6. The number of ketones is 1. The molecule has 0 atom stereocenters. The SMILES string of the molecule is COc1cccc(/C=C/C(=O)c2ccc(OCC(=O)Nc3ccc(OC)c(OC)c3)cc2)c1. The molecule has 0 unspecified atom stereocenters. The van der Waals surface area contributed by atoms with Crippen molar-refractivity contribution in [1.29, 1.82) is 0 Å². The highest BCUT2D eigenvalue weighted by Crippen LogP contribution is 2.29. The third-order valence-corrected chi connectivity index (χ3v) is 4.70. The summed E-state index contributed by atoms with van der Waals surface area (Å²) >= 11 is 0. The van der Waals surface area contributed by atoms with Gasteiger partial charge in [-0.25, -0.2) is 0 Å². The van der Waals surface area contributed by atoms with Crippen LogP contribution in [0.3, 0.4) is 0 Å². The molecule has 0 aromatic heterocycles. The molecule has 0 aliphatic carbocycles. The van der Waals surface area contributed by atoms with E-state index < -0.39 is 0 Å². The van der Waals surface area contributed by atoms with Crippen molar-refractivity contribution >= 4 is 23.5 Å². The molecule has 0 bridgehead atoms. The molecule has 7 nitrogen and oxygen atoms in total. The number of carbonyl (C=O) groups excluding carboxylic acids is 2. The molecule has 0 spiro atoms. The standard InChI is InChI=1S/C26H25NO6/c1-30-22-6-4-5-18(15-22)7-13-23(28)19-8-11-21(12-9-19)33-17-26(29)27-20-10-14-24(31-2)25(16-20)32-3/h4-16H,17H2,1-3H3,(H,27,29)/b13-7+. The summed E-state index contributed by atoms with van der Waals surface area (Å²) in [5, 5.41) is 2.74. The van der Waals surface area contributed by atoms with Crippen LogP contribution < -0.4 is 24.3 Å². The van der Waals surface area contributed by atoms with E-state index in [0.717, 1.165) is 11.3 Å². The highest BCUT2D eigenvalue weighted by molar-refractivity contribution is 6.06. The Morgan fingerprint density at radius 3 is 2.27 bits per heavy atom. The van der Waals surface area contributed by atoms with Crippen molar-refractivity contribution in [3.8, 4) is 23.0 Å². The topological polar surface area (TPSA) is 83.1 Å². The highest BCUT2D eigenvalue weighted by atomic mass is 16.5. The third kappa shape index (κ3) is 6.61. The molecule has 3 rings (SSSR count). The van der Waals surface area contributed by atoms with Crippen LogP contribution in [0, 0.1) is 0 Å². The number of hydrogen-bond acceptors (Lipinski definition) is 6. The van der Waals surface area contributed by atoms with E-state index in [1.807, 2.05) is 24.3 Å². The molecule has 7 heteroatoms. The minimum atomic E-state index is -0.330. The van der Waals surface area contributed by atoms with Crippen LogP contribution in [-0.4, -0.2) is 39.6 Å². The van der Waals surface area contributed by atoms with E-state index in [-0.39, 0.29) is 18.3 Å². The van der Waals surface area contributed by atoms with Crippen LogP contribution in [0.2, 0.25) is 0 Å². The van der Waals surface area contributed by atoms with Crippen molar-refractivity contribution in [3.05, 3.63) is 83.9 Å². The molecule has 3 aromatic carbocycles. The smallest absolute Gasteiger partial charge is 0.262 e. The van der Waals surface area contributed by atoms with Crippen LogP contribution in [0.15, 0.2) is 72.8 Å². The first kappa shape index (κ1) is 23.4. The first-order valence-corrected chi connectivity index (χ1v) is 10.1. The summed E-state index contributed by atoms with van der Waals surface area (Å²) in [5.41, 5.74) is 1.93. The average molecular weight is 447 g/mol. The van der Waals surface area contributed by atoms with Gasteiger partial charge in [-0.1, -0.05) is 18.2 Å². The molecule has 0 radical (unpaired) electrons. The first-order chi connectivity index (χ1) is 16.0. The zero-order valence-corrected chi connectivity index (χ0v) is 18.7. The Hall–Kier alpha value is -4.26. The molecule has 0 saturated carbocycles. The fourth-order valence-corrected chi connectivity index (χ4v) is 2.99. The van der Waals surface area contributed by atoms with E-state index >= 15 is 0 Å². The van der Waals surface area contributed by atoms with Gasteiger partial charge >= 0.3 is 0 Å². The maximum Gasteiger partial charge on any atom is 0.262 e. The molecule has 0 saturated heterocycles. The third-order valence-electron chi connectivity index (χ3n) is 4.70. The van der Waals surface area contributed by atoms with Gasteiger partial charge in [0.2, 0.25) is 0 Å². The maximum absolute atomic E-state index is 12.4. The van der Waals surface area contributed by atoms with E-state index in [1.54, 1.807) is 62.8 Å². The summed E-state index contributed by atoms with van der Waals surface area (Å²) in [5.74, 6) is 1.81. The number of ether oxygens (including phenoxy) is 4. The summed E-state index contributed by atoms with van der Waals surface area (Å²) in [6, 6.07) is 19.1. The molecule has 0 aliphatic rings. The van der Waals surface area contributed by atoms with Crippen molar-refractivity contribution in [3.63, 3.8) is 0 Å². The first-order valence-electron chi connectivity index (χ1n) is 10.1. The van der Waals surface area contributed by atoms with Crippen molar-refractivity contribution in [1.82, 2.24) is 0 Å². The Bertz CT molecular complexity index is 1140. The van der Waals surface area contributed by atoms with Crippen LogP contribution in [0.4, 0.5) is 5.69 Å². The van der Waals surface area contributed by atoms with Gasteiger partial charge in [0.05, 0.1) is 21.3 Å². The summed E-state index contributed by atoms with van der Waals surface area (Å²) < 4.78 is 21.1. The van der Waals surface area contributed by atoms with Gasteiger partial charge in [-0.3, -0.25) is 9.59 Å². The van der Waals surface area contributed by atoms with E-state index in [4.69, 9.17) is 18.9 Å². The monoisotopic (exact) mass is 447 g/mol. The van der Waals surface area contributed by atoms with Gasteiger partial charge in [-0.15, -0.1) is 0 Å². The Labute approximate surface area is 192 Å². The minimum Gasteiger partial charge on any atom is -0.497 e. The lowest BCUT2D eigenvalue weighted by molar-refractivity contribution is -0.118. The zero-order chi connectivity index (χ0) is 23.6. The van der Waals surface area contributed by atoms with Crippen molar-refractivity contribution in [2.45, 2.75) is 0 Å². The van der Waals surface area contributed by atoms with Gasteiger partial charge in [0, 0.05) is 17.3 Å². The van der Waals surface area contributed by atoms with Gasteiger partial charge in [0.25, 0.3) is 5.91 Å². The lowest BCUT2D eigenvalue weighted by atomic mass is 10.1. The number of hydrogen-bond donors (Lipinski definition) is 1. The van der Waals surface area contributed by atoms with Crippen molar-refractivity contribution < 1.29 is 28.5 Å². The lowest BCUT2D eigenvalue weighted by Gasteiger charge is -2.11. The Morgan fingerprint density at radius 1 is 0.818 bits per heavy atom. The molecule has 170 valence electrons. The highest BCUT2D eigenvalue weighted by Gasteiger charge is 2.09. The fraction of sp³-hybridized carbons (Fsp3) is 0.154. The van der Waals surface area contributed by atoms with Gasteiger partial charge < -0.3 is 24.3 Å². The minimum absolute atomic E-state index is 0.143. The van der Waals surface area contributed by atoms with E-state index in [1.165, 1.54) is 13.2 Å². The van der Waals surface area contributed by atoms with Crippen LogP contribution in [0.25, 0.3) is 6.08 Å². The van der Waals surface area contributed by atoms with E-state index in [0.29, 0.717) is 28.5 Å². The molecule has 0 aliphatic heterocycles. The van der Waals surface area contributed by atoms with E-state index in [9.17, 15) is 9.59 Å². The van der Waals surface area contributed by atoms with Crippen molar-refractivity contribution in [2.24, 2.45) is 0 Å². The number of methoxy groups -OCH3 is 3. The van der Waals surface area contributed by atoms with Gasteiger partial charge in [0.15, 0.2) is 23.9 Å². The predicted molar refractivity (Wildman–Crippen MR) is 126 cm³/mol. The second kappa shape index (κ2) is 11.4. The molecule has 3 aromatic rings. The van der Waals surface area contributed by atoms with Gasteiger partial charge in [-0.2, -0.15) is 0 Å². The number of benzene rings is 3. The Balaban J connectivity index is 1.53. The second-order valence-electron chi connectivity index (χ2n) is 6.91. The van der Waals surface area contributed by atoms with Crippen LogP contribution in [0.1, 0.15) is 15.9 Å². The van der Waals surface area contributed by atoms with Crippen LogP contribution >= 0.6 is 0 Å². The number of allylic oxidation sites excluding steroid dienone is 1. The molecule has 33 heavy (non-hydrogen) atoms. The Kier molecular flexibility index (Phi) is 8.07. The normalized spacial score (nSPS) is 10.5. The maximum atomic E-state index is 12.4. The van der Waals surface area contributed by atoms with E-state index in [2.05, 4.69) is 5.32 Å². The average Bonchev–Trinajstić information content (AvgIpc) is 2.86. The summed E-state index contributed by atoms with van der Waals surface area (Å²) in [6.45, 7) is -0.183. The van der Waals surface area contributed by atoms with Gasteiger partial charge in [-0.05, 0) is 60.2 Å². The summed E-state index contributed by atoms with van der Waals surface area (Å²) in [6.07, 6.45) is 3.23. The zero-order valence-electron chi connectivity index (χ0n) is 18.7. The number of carbonyl (C=O) groups is 2.